The fourth-order valence-electron chi connectivity index (χ4n) is 3.58. The number of aliphatic hydroxyl groups excluding tert-OH is 3. The van der Waals surface area contributed by atoms with E-state index in [9.17, 15) is 28.8 Å². The molecule has 1 heterocycles. The molecule has 0 saturated carbocycles. The Morgan fingerprint density at radius 3 is 2.64 bits per heavy atom. The minimum absolute atomic E-state index is 0.157. The second-order valence-electron chi connectivity index (χ2n) is 7.01. The molecule has 156 valence electrons. The van der Waals surface area contributed by atoms with Crippen LogP contribution in [0.3, 0.4) is 0 Å². The van der Waals surface area contributed by atoms with Crippen LogP contribution in [-0.2, 0) is 9.84 Å². The second-order valence-corrected chi connectivity index (χ2v) is 10.1. The van der Waals surface area contributed by atoms with Gasteiger partial charge in [0.1, 0.15) is 11.0 Å². The van der Waals surface area contributed by atoms with Gasteiger partial charge in [0.25, 0.3) is 0 Å². The highest BCUT2D eigenvalue weighted by Gasteiger charge is 2.40. The van der Waals surface area contributed by atoms with E-state index < -0.39 is 34.4 Å². The number of hydrogen-bond donors (Lipinski definition) is 4. The summed E-state index contributed by atoms with van der Waals surface area (Å²) < 4.78 is 25.2. The van der Waals surface area contributed by atoms with Crippen molar-refractivity contribution in [1.29, 1.82) is 0 Å². The summed E-state index contributed by atoms with van der Waals surface area (Å²) in [6.45, 7) is 0.969. The zero-order chi connectivity index (χ0) is 20.9. The second kappa shape index (κ2) is 10.0. The SMILES string of the molecule is CCC/C(=C\c1cc(Br)ccc1O)CC[C@@H](O)C1=C(CO)CS(=O)(=O)[C@H]1CO. The van der Waals surface area contributed by atoms with Gasteiger partial charge >= 0.3 is 0 Å². The Hall–Kier alpha value is -1.19. The zero-order valence-electron chi connectivity index (χ0n) is 15.8. The molecule has 6 nitrogen and oxygen atoms in total. The number of aliphatic hydroxyl groups is 3. The largest absolute Gasteiger partial charge is 0.507 e. The van der Waals surface area contributed by atoms with Gasteiger partial charge in [-0.3, -0.25) is 0 Å². The van der Waals surface area contributed by atoms with Crippen molar-refractivity contribution < 1.29 is 28.8 Å². The van der Waals surface area contributed by atoms with E-state index in [1.54, 1.807) is 18.2 Å². The highest BCUT2D eigenvalue weighted by atomic mass is 79.9. The van der Waals surface area contributed by atoms with Gasteiger partial charge in [0.2, 0.25) is 0 Å². The Morgan fingerprint density at radius 2 is 2.04 bits per heavy atom. The smallest absolute Gasteiger partial charge is 0.163 e. The van der Waals surface area contributed by atoms with E-state index in [-0.39, 0.29) is 29.1 Å². The first kappa shape index (κ1) is 23.1. The van der Waals surface area contributed by atoms with Crippen molar-refractivity contribution in [2.45, 2.75) is 44.0 Å². The third-order valence-corrected chi connectivity index (χ3v) is 7.45. The average Bonchev–Trinajstić information content (AvgIpc) is 2.92. The van der Waals surface area contributed by atoms with E-state index >= 15 is 0 Å². The molecule has 28 heavy (non-hydrogen) atoms. The summed E-state index contributed by atoms with van der Waals surface area (Å²) in [7, 11) is -3.60. The van der Waals surface area contributed by atoms with Gasteiger partial charge in [0.05, 0.1) is 25.1 Å². The number of halogens is 1. The Morgan fingerprint density at radius 1 is 1.32 bits per heavy atom. The van der Waals surface area contributed by atoms with Gasteiger partial charge in [-0.15, -0.1) is 0 Å². The third-order valence-electron chi connectivity index (χ3n) is 4.94. The number of sulfone groups is 1. The number of phenols is 1. The molecule has 0 unspecified atom stereocenters. The van der Waals surface area contributed by atoms with E-state index in [1.165, 1.54) is 0 Å². The molecule has 1 aromatic rings. The van der Waals surface area contributed by atoms with Gasteiger partial charge in [0, 0.05) is 10.0 Å². The topological polar surface area (TPSA) is 115 Å². The van der Waals surface area contributed by atoms with Gasteiger partial charge in [-0.05, 0) is 48.6 Å². The first-order valence-corrected chi connectivity index (χ1v) is 11.7. The minimum Gasteiger partial charge on any atom is -0.507 e. The van der Waals surface area contributed by atoms with Crippen molar-refractivity contribution in [3.8, 4) is 5.75 Å². The third kappa shape index (κ3) is 5.45. The predicted molar refractivity (Wildman–Crippen MR) is 113 cm³/mol. The number of rotatable bonds is 9. The normalized spacial score (nSPS) is 20.6. The molecule has 0 radical (unpaired) electrons. The van der Waals surface area contributed by atoms with Gasteiger partial charge in [-0.1, -0.05) is 40.9 Å². The van der Waals surface area contributed by atoms with Crippen LogP contribution in [0.25, 0.3) is 6.08 Å². The maximum absolute atomic E-state index is 12.2. The molecule has 0 bridgehead atoms. The summed E-state index contributed by atoms with van der Waals surface area (Å²) in [5.41, 5.74) is 2.19. The summed E-state index contributed by atoms with van der Waals surface area (Å²) in [4.78, 5) is 0. The Bertz CT molecular complexity index is 859. The highest BCUT2D eigenvalue weighted by Crippen LogP contribution is 2.32. The Labute approximate surface area is 174 Å². The van der Waals surface area contributed by atoms with E-state index in [4.69, 9.17) is 0 Å². The molecule has 0 aromatic heterocycles. The average molecular weight is 475 g/mol. The number of phenolic OH excluding ortho intramolecular Hbond substituents is 1. The minimum atomic E-state index is -3.60. The van der Waals surface area contributed by atoms with Gasteiger partial charge in [0.15, 0.2) is 9.84 Å². The van der Waals surface area contributed by atoms with Crippen molar-refractivity contribution in [3.63, 3.8) is 0 Å². The molecule has 0 aliphatic carbocycles. The number of allylic oxidation sites excluding steroid dienone is 1. The molecule has 0 amide bonds. The monoisotopic (exact) mass is 474 g/mol. The van der Waals surface area contributed by atoms with E-state index in [0.29, 0.717) is 12.0 Å². The number of hydrogen-bond acceptors (Lipinski definition) is 6. The zero-order valence-corrected chi connectivity index (χ0v) is 18.2. The fourth-order valence-corrected chi connectivity index (χ4v) is 5.84. The quantitative estimate of drug-likeness (QED) is 0.408. The predicted octanol–water partition coefficient (Wildman–Crippen LogP) is 2.56. The molecule has 2 atom stereocenters. The van der Waals surface area contributed by atoms with Crippen LogP contribution in [0, 0.1) is 0 Å². The van der Waals surface area contributed by atoms with E-state index in [0.717, 1.165) is 22.9 Å². The van der Waals surface area contributed by atoms with Crippen LogP contribution in [0.5, 0.6) is 5.75 Å². The maximum atomic E-state index is 12.2. The Kier molecular flexibility index (Phi) is 8.27. The van der Waals surface area contributed by atoms with E-state index in [2.05, 4.69) is 15.9 Å². The molecule has 4 N–H and O–H groups in total. The lowest BCUT2D eigenvalue weighted by molar-refractivity contribution is 0.186. The van der Waals surface area contributed by atoms with E-state index in [1.807, 2.05) is 13.0 Å². The lowest BCUT2D eigenvalue weighted by Gasteiger charge is -2.19. The van der Waals surface area contributed by atoms with Gasteiger partial charge < -0.3 is 20.4 Å². The van der Waals surface area contributed by atoms with Crippen LogP contribution < -0.4 is 0 Å². The van der Waals surface area contributed by atoms with Crippen LogP contribution in [0.2, 0.25) is 0 Å². The van der Waals surface area contributed by atoms with Crippen LogP contribution in [0.1, 0.15) is 38.2 Å². The highest BCUT2D eigenvalue weighted by molar-refractivity contribution is 9.10. The number of benzene rings is 1. The van der Waals surface area contributed by atoms with Crippen molar-refractivity contribution in [2.24, 2.45) is 0 Å². The van der Waals surface area contributed by atoms with Crippen molar-refractivity contribution in [3.05, 3.63) is 45.0 Å². The molecule has 1 aliphatic rings. The summed E-state index contributed by atoms with van der Waals surface area (Å²) in [5, 5.41) is 38.5. The molecular weight excluding hydrogens is 448 g/mol. The molecule has 1 aromatic carbocycles. The van der Waals surface area contributed by atoms with Crippen molar-refractivity contribution in [2.75, 3.05) is 19.0 Å². The van der Waals surface area contributed by atoms with Gasteiger partial charge in [-0.25, -0.2) is 8.42 Å². The lowest BCUT2D eigenvalue weighted by Crippen LogP contribution is -2.29. The summed E-state index contributed by atoms with van der Waals surface area (Å²) in [6.07, 6.45) is 3.24. The van der Waals surface area contributed by atoms with Crippen LogP contribution >= 0.6 is 15.9 Å². The summed E-state index contributed by atoms with van der Waals surface area (Å²) in [6, 6.07) is 5.15. The van der Waals surface area contributed by atoms with Crippen LogP contribution in [-0.4, -0.2) is 59.2 Å². The number of aromatic hydroxyl groups is 1. The summed E-state index contributed by atoms with van der Waals surface area (Å²) >= 11 is 3.38. The first-order valence-electron chi connectivity index (χ1n) is 9.24. The first-order chi connectivity index (χ1) is 13.2. The molecule has 0 saturated heterocycles. The van der Waals surface area contributed by atoms with Gasteiger partial charge in [-0.2, -0.15) is 0 Å². The molecule has 8 heteroatoms. The molecule has 2 rings (SSSR count). The molecule has 1 aliphatic heterocycles. The molecular formula is C20H27BrO6S. The molecule has 0 fully saturated rings. The molecule has 0 spiro atoms. The lowest BCUT2D eigenvalue weighted by atomic mass is 9.93. The standard InChI is InChI=1S/C20H27BrO6S/c1-2-3-13(8-14-9-16(21)5-7-17(14)24)4-6-18(25)20-15(10-22)12-28(26,27)19(20)11-23/h5,7-9,18-19,22-25H,2-4,6,10-12H2,1H3/b13-8+/t18-,19+/m1/s1. The van der Waals surface area contributed by atoms with Crippen LogP contribution in [0.4, 0.5) is 0 Å². The van der Waals surface area contributed by atoms with Crippen molar-refractivity contribution >= 4 is 31.8 Å². The van der Waals surface area contributed by atoms with Crippen LogP contribution in [0.15, 0.2) is 39.4 Å². The summed E-state index contributed by atoms with van der Waals surface area (Å²) in [5.74, 6) is -0.171. The van der Waals surface area contributed by atoms with Crippen molar-refractivity contribution in [1.82, 2.24) is 0 Å². The maximum Gasteiger partial charge on any atom is 0.163 e. The fraction of sp³-hybridized carbons (Fsp3) is 0.500. The Balaban J connectivity index is 2.21.